The zero-order chi connectivity index (χ0) is 12.3. The Morgan fingerprint density at radius 2 is 2.25 bits per heavy atom. The van der Waals surface area contributed by atoms with E-state index in [1.165, 1.54) is 7.11 Å². The van der Waals surface area contributed by atoms with Crippen molar-refractivity contribution in [2.45, 2.75) is 25.3 Å². The monoisotopic (exact) mass is 286 g/mol. The van der Waals surface area contributed by atoms with Gasteiger partial charge in [-0.15, -0.1) is 0 Å². The summed E-state index contributed by atoms with van der Waals surface area (Å²) in [6, 6.07) is 1.13. The quantitative estimate of drug-likeness (QED) is 0.858. The van der Waals surface area contributed by atoms with Gasteiger partial charge in [-0.05, 0) is 27.6 Å². The number of hydrogen-bond acceptors (Lipinski definition) is 4. The Balaban J connectivity index is 3.11. The predicted molar refractivity (Wildman–Crippen MR) is 65.0 cm³/mol. The highest BCUT2D eigenvalue weighted by Crippen LogP contribution is 2.31. The molecule has 0 fully saturated rings. The third-order valence-corrected chi connectivity index (χ3v) is 3.33. The molecule has 0 aliphatic rings. The van der Waals surface area contributed by atoms with E-state index in [0.717, 1.165) is 10.0 Å². The average Bonchev–Trinajstić information content (AvgIpc) is 2.27. The maximum Gasteiger partial charge on any atom is 0.323 e. The van der Waals surface area contributed by atoms with Gasteiger partial charge in [0.1, 0.15) is 6.04 Å². The van der Waals surface area contributed by atoms with Crippen LogP contribution in [-0.2, 0) is 14.9 Å². The minimum absolute atomic E-state index is 0.422. The van der Waals surface area contributed by atoms with E-state index < -0.39 is 17.4 Å². The van der Waals surface area contributed by atoms with Crippen LogP contribution in [0.25, 0.3) is 0 Å². The molecule has 0 aromatic carbocycles. The third-order valence-electron chi connectivity index (χ3n) is 2.70. The number of hydrogen-bond donors (Lipinski definition) is 1. The van der Waals surface area contributed by atoms with Gasteiger partial charge < -0.3 is 10.5 Å². The first-order chi connectivity index (χ1) is 7.41. The molecule has 0 spiro atoms. The molecule has 0 aliphatic carbocycles. The molecule has 0 aliphatic heterocycles. The van der Waals surface area contributed by atoms with Crippen molar-refractivity contribution < 1.29 is 9.53 Å². The number of carbonyl (C=O) groups is 1. The summed E-state index contributed by atoms with van der Waals surface area (Å²) in [4.78, 5) is 15.4. The van der Waals surface area contributed by atoms with Crippen molar-refractivity contribution in [3.05, 3.63) is 28.5 Å². The average molecular weight is 287 g/mol. The molecule has 88 valence electrons. The van der Waals surface area contributed by atoms with Gasteiger partial charge in [0.25, 0.3) is 0 Å². The van der Waals surface area contributed by atoms with Gasteiger partial charge in [0.15, 0.2) is 0 Å². The molecule has 1 atom stereocenters. The maximum absolute atomic E-state index is 11.5. The number of halogens is 1. The van der Waals surface area contributed by atoms with Crippen molar-refractivity contribution in [3.8, 4) is 0 Å². The summed E-state index contributed by atoms with van der Waals surface area (Å²) in [7, 11) is 1.33. The van der Waals surface area contributed by atoms with Crippen molar-refractivity contribution in [1.82, 2.24) is 4.98 Å². The van der Waals surface area contributed by atoms with Crippen LogP contribution in [-0.4, -0.2) is 24.1 Å². The Labute approximate surface area is 103 Å². The topological polar surface area (TPSA) is 65.2 Å². The summed E-state index contributed by atoms with van der Waals surface area (Å²) in [5.74, 6) is -0.422. The highest BCUT2D eigenvalue weighted by atomic mass is 79.9. The molecule has 1 unspecified atom stereocenters. The van der Waals surface area contributed by atoms with Crippen molar-refractivity contribution >= 4 is 21.9 Å². The summed E-state index contributed by atoms with van der Waals surface area (Å²) in [6.07, 6.45) is 3.35. The van der Waals surface area contributed by atoms with E-state index in [0.29, 0.717) is 0 Å². The number of carbonyl (C=O) groups excluding carboxylic acids is 1. The van der Waals surface area contributed by atoms with Gasteiger partial charge in [0, 0.05) is 22.3 Å². The Bertz CT molecular complexity index is 393. The van der Waals surface area contributed by atoms with Crippen LogP contribution in [0.2, 0.25) is 0 Å². The SMILES string of the molecule is COC(=O)C(N)C(C)(C)c1ccncc1Br. The number of nitrogens with two attached hydrogens (primary N) is 1. The number of aromatic nitrogens is 1. The van der Waals surface area contributed by atoms with Gasteiger partial charge in [-0.2, -0.15) is 0 Å². The number of methoxy groups -OCH3 is 1. The summed E-state index contributed by atoms with van der Waals surface area (Å²) >= 11 is 3.40. The fourth-order valence-corrected chi connectivity index (χ4v) is 2.25. The van der Waals surface area contributed by atoms with Crippen LogP contribution < -0.4 is 5.73 Å². The molecule has 2 N–H and O–H groups in total. The minimum atomic E-state index is -0.712. The van der Waals surface area contributed by atoms with E-state index >= 15 is 0 Å². The second-order valence-electron chi connectivity index (χ2n) is 4.08. The van der Waals surface area contributed by atoms with Gasteiger partial charge in [0.05, 0.1) is 7.11 Å². The highest BCUT2D eigenvalue weighted by Gasteiger charge is 2.35. The summed E-state index contributed by atoms with van der Waals surface area (Å²) in [5, 5.41) is 0. The second kappa shape index (κ2) is 4.93. The number of esters is 1. The smallest absolute Gasteiger partial charge is 0.323 e. The zero-order valence-corrected chi connectivity index (χ0v) is 11.1. The van der Waals surface area contributed by atoms with E-state index in [1.54, 1.807) is 12.4 Å². The van der Waals surface area contributed by atoms with Crippen molar-refractivity contribution in [2.24, 2.45) is 5.73 Å². The Kier molecular flexibility index (Phi) is 4.04. The van der Waals surface area contributed by atoms with Crippen LogP contribution in [0.1, 0.15) is 19.4 Å². The molecule has 1 aromatic rings. The van der Waals surface area contributed by atoms with Crippen LogP contribution >= 0.6 is 15.9 Å². The molecule has 16 heavy (non-hydrogen) atoms. The lowest BCUT2D eigenvalue weighted by Crippen LogP contribution is -2.47. The van der Waals surface area contributed by atoms with Crippen LogP contribution in [0, 0.1) is 0 Å². The number of pyridine rings is 1. The van der Waals surface area contributed by atoms with E-state index in [1.807, 2.05) is 19.9 Å². The predicted octanol–water partition coefficient (Wildman–Crippen LogP) is 1.62. The molecule has 1 rings (SSSR count). The number of nitrogens with zero attached hydrogens (tertiary/aromatic N) is 1. The largest absolute Gasteiger partial charge is 0.468 e. The van der Waals surface area contributed by atoms with Gasteiger partial charge in [-0.3, -0.25) is 9.78 Å². The Morgan fingerprint density at radius 3 is 2.75 bits per heavy atom. The molecule has 5 heteroatoms. The van der Waals surface area contributed by atoms with Gasteiger partial charge in [-0.1, -0.05) is 13.8 Å². The molecule has 1 aromatic heterocycles. The number of rotatable bonds is 3. The maximum atomic E-state index is 11.5. The zero-order valence-electron chi connectivity index (χ0n) is 9.53. The fourth-order valence-electron chi connectivity index (χ4n) is 1.49. The Hall–Kier alpha value is -0.940. The summed E-state index contributed by atoms with van der Waals surface area (Å²) in [6.45, 7) is 3.80. The van der Waals surface area contributed by atoms with Gasteiger partial charge >= 0.3 is 5.97 Å². The standard InChI is InChI=1S/C11H15BrN2O2/c1-11(2,9(13)10(15)16-3)7-4-5-14-6-8(7)12/h4-6,9H,13H2,1-3H3. The van der Waals surface area contributed by atoms with Crippen LogP contribution in [0.4, 0.5) is 0 Å². The van der Waals surface area contributed by atoms with Gasteiger partial charge in [0.2, 0.25) is 0 Å². The lowest BCUT2D eigenvalue weighted by molar-refractivity contribution is -0.143. The molecule has 0 saturated heterocycles. The third kappa shape index (κ3) is 2.41. The fraction of sp³-hybridized carbons (Fsp3) is 0.455. The van der Waals surface area contributed by atoms with Crippen LogP contribution in [0.3, 0.4) is 0 Å². The lowest BCUT2D eigenvalue weighted by atomic mass is 9.78. The highest BCUT2D eigenvalue weighted by molar-refractivity contribution is 9.10. The Morgan fingerprint density at radius 1 is 1.62 bits per heavy atom. The second-order valence-corrected chi connectivity index (χ2v) is 4.93. The van der Waals surface area contributed by atoms with E-state index in [4.69, 9.17) is 5.73 Å². The molecule has 0 bridgehead atoms. The molecule has 0 amide bonds. The molecule has 0 radical (unpaired) electrons. The first kappa shape index (κ1) is 13.1. The first-order valence-corrected chi connectivity index (χ1v) is 5.64. The van der Waals surface area contributed by atoms with E-state index in [-0.39, 0.29) is 0 Å². The molecular formula is C11H15BrN2O2. The minimum Gasteiger partial charge on any atom is -0.468 e. The van der Waals surface area contributed by atoms with Gasteiger partial charge in [-0.25, -0.2) is 0 Å². The van der Waals surface area contributed by atoms with Crippen LogP contribution in [0.15, 0.2) is 22.9 Å². The van der Waals surface area contributed by atoms with Crippen molar-refractivity contribution in [1.29, 1.82) is 0 Å². The molecular weight excluding hydrogens is 272 g/mol. The van der Waals surface area contributed by atoms with Crippen molar-refractivity contribution in [2.75, 3.05) is 7.11 Å². The molecule has 0 saturated carbocycles. The molecule has 1 heterocycles. The lowest BCUT2D eigenvalue weighted by Gasteiger charge is -2.30. The van der Waals surface area contributed by atoms with E-state index in [9.17, 15) is 4.79 Å². The number of ether oxygens (including phenoxy) is 1. The van der Waals surface area contributed by atoms with E-state index in [2.05, 4.69) is 25.7 Å². The summed E-state index contributed by atoms with van der Waals surface area (Å²) in [5.41, 5.74) is 6.30. The molecule has 4 nitrogen and oxygen atoms in total. The normalized spacial score (nSPS) is 13.3. The first-order valence-electron chi connectivity index (χ1n) is 4.84. The van der Waals surface area contributed by atoms with Crippen molar-refractivity contribution in [3.63, 3.8) is 0 Å². The van der Waals surface area contributed by atoms with Crippen LogP contribution in [0.5, 0.6) is 0 Å². The summed E-state index contributed by atoms with van der Waals surface area (Å²) < 4.78 is 5.50.